The lowest BCUT2D eigenvalue weighted by atomic mass is 9.80. The van der Waals surface area contributed by atoms with E-state index in [0.717, 1.165) is 10.5 Å². The minimum Gasteiger partial charge on any atom is -0.623 e. The van der Waals surface area contributed by atoms with Crippen LogP contribution in [-0.4, -0.2) is 27.1 Å². The maximum Gasteiger partial charge on any atom is 0.314 e. The van der Waals surface area contributed by atoms with Crippen molar-refractivity contribution in [2.24, 2.45) is 5.92 Å². The Morgan fingerprint density at radius 2 is 2.07 bits per heavy atom. The van der Waals surface area contributed by atoms with Crippen molar-refractivity contribution < 1.29 is 14.6 Å². The maximum absolute atomic E-state index is 12.1. The van der Waals surface area contributed by atoms with E-state index in [1.807, 2.05) is 20.8 Å². The van der Waals surface area contributed by atoms with Crippen LogP contribution in [0.2, 0.25) is 0 Å². The molecule has 15 heavy (non-hydrogen) atoms. The van der Waals surface area contributed by atoms with Crippen LogP contribution in [0.25, 0.3) is 0 Å². The van der Waals surface area contributed by atoms with Gasteiger partial charge < -0.3 is 10.3 Å². The number of carbonyl (C=O) groups is 1. The molecule has 1 unspecified atom stereocenters. The highest BCUT2D eigenvalue weighted by atomic mass is 16.5. The van der Waals surface area contributed by atoms with Gasteiger partial charge in [0, 0.05) is 25.7 Å². The van der Waals surface area contributed by atoms with Crippen molar-refractivity contribution >= 4 is 11.7 Å². The summed E-state index contributed by atoms with van der Waals surface area (Å²) in [7, 11) is 0. The molecule has 0 spiro atoms. The molecular formula is C11H19NO3. The third kappa shape index (κ3) is 1.62. The fraction of sp³-hybridized carbons (Fsp3) is 0.818. The van der Waals surface area contributed by atoms with Gasteiger partial charge in [-0.05, 0) is 0 Å². The van der Waals surface area contributed by atoms with Crippen LogP contribution >= 0.6 is 0 Å². The Bertz CT molecular complexity index is 292. The summed E-state index contributed by atoms with van der Waals surface area (Å²) >= 11 is 0. The van der Waals surface area contributed by atoms with Crippen LogP contribution < -0.4 is 0 Å². The topological polar surface area (TPSA) is 63.4 Å². The lowest BCUT2D eigenvalue weighted by Crippen LogP contribution is -2.44. The van der Waals surface area contributed by atoms with Gasteiger partial charge in [0.1, 0.15) is 5.92 Å². The van der Waals surface area contributed by atoms with Gasteiger partial charge in [-0.15, -0.1) is 0 Å². The van der Waals surface area contributed by atoms with Gasteiger partial charge in [0.2, 0.25) is 0 Å². The van der Waals surface area contributed by atoms with Crippen molar-refractivity contribution in [2.45, 2.75) is 52.0 Å². The zero-order valence-electron chi connectivity index (χ0n) is 9.62. The minimum absolute atomic E-state index is 0.414. The molecule has 0 saturated heterocycles. The molecule has 4 heteroatoms. The minimum atomic E-state index is -0.844. The van der Waals surface area contributed by atoms with Crippen LogP contribution in [0.1, 0.15) is 46.5 Å². The van der Waals surface area contributed by atoms with Gasteiger partial charge in [-0.25, -0.2) is 4.74 Å². The summed E-state index contributed by atoms with van der Waals surface area (Å²) in [5, 5.41) is 21.2. The number of hydrogen-bond donors (Lipinski definition) is 1. The quantitative estimate of drug-likeness (QED) is 0.574. The Balaban J connectivity index is 3.15. The van der Waals surface area contributed by atoms with Crippen LogP contribution in [-0.2, 0) is 4.79 Å². The predicted molar refractivity (Wildman–Crippen MR) is 58.0 cm³/mol. The molecule has 0 amide bonds. The van der Waals surface area contributed by atoms with E-state index in [4.69, 9.17) is 5.11 Å². The summed E-state index contributed by atoms with van der Waals surface area (Å²) < 4.78 is 0.978. The summed E-state index contributed by atoms with van der Waals surface area (Å²) in [6.07, 6.45) is 2.24. The molecule has 1 N–H and O–H groups in total. The van der Waals surface area contributed by atoms with E-state index in [-0.39, 0.29) is 0 Å². The monoisotopic (exact) mass is 213 g/mol. The Morgan fingerprint density at radius 3 is 2.33 bits per heavy atom. The summed E-state index contributed by atoms with van der Waals surface area (Å²) in [5.74, 6) is -1.39. The number of nitrogens with zero attached hydrogens (tertiary/aromatic N) is 1. The number of aliphatic carboxylic acids is 1. The van der Waals surface area contributed by atoms with Gasteiger partial charge in [0.25, 0.3) is 0 Å². The predicted octanol–water partition coefficient (Wildman–Crippen LogP) is 2.01. The Labute approximate surface area is 90.2 Å². The van der Waals surface area contributed by atoms with Gasteiger partial charge in [0.15, 0.2) is 11.3 Å². The highest BCUT2D eigenvalue weighted by Gasteiger charge is 2.54. The summed E-state index contributed by atoms with van der Waals surface area (Å²) in [6.45, 7) is 5.69. The molecule has 4 nitrogen and oxygen atoms in total. The van der Waals surface area contributed by atoms with Gasteiger partial charge >= 0.3 is 5.97 Å². The van der Waals surface area contributed by atoms with Crippen molar-refractivity contribution in [1.82, 2.24) is 0 Å². The molecule has 1 heterocycles. The molecule has 1 rings (SSSR count). The highest BCUT2D eigenvalue weighted by molar-refractivity contribution is 5.87. The smallest absolute Gasteiger partial charge is 0.314 e. The van der Waals surface area contributed by atoms with E-state index in [1.165, 1.54) is 0 Å². The molecule has 0 bridgehead atoms. The number of carboxylic acid groups (broad SMARTS) is 1. The molecule has 0 fully saturated rings. The number of rotatable bonds is 4. The van der Waals surface area contributed by atoms with Crippen molar-refractivity contribution in [2.75, 3.05) is 0 Å². The molecule has 1 aliphatic heterocycles. The van der Waals surface area contributed by atoms with Gasteiger partial charge in [-0.1, -0.05) is 20.8 Å². The van der Waals surface area contributed by atoms with E-state index in [0.29, 0.717) is 25.7 Å². The molecule has 0 aliphatic carbocycles. The van der Waals surface area contributed by atoms with E-state index in [1.54, 1.807) is 0 Å². The molecule has 0 saturated carbocycles. The maximum atomic E-state index is 12.1. The summed E-state index contributed by atoms with van der Waals surface area (Å²) in [5.41, 5.74) is 0.0167. The second kappa shape index (κ2) is 4.21. The Hall–Kier alpha value is -1.06. The van der Waals surface area contributed by atoms with Gasteiger partial charge in [-0.2, -0.15) is 0 Å². The fourth-order valence-corrected chi connectivity index (χ4v) is 2.60. The van der Waals surface area contributed by atoms with Crippen LogP contribution in [0, 0.1) is 11.1 Å². The third-order valence-corrected chi connectivity index (χ3v) is 3.71. The number of carboxylic acids is 1. The molecule has 1 atom stereocenters. The largest absolute Gasteiger partial charge is 0.623 e. The molecule has 0 radical (unpaired) electrons. The molecule has 86 valence electrons. The van der Waals surface area contributed by atoms with E-state index in [2.05, 4.69) is 0 Å². The summed E-state index contributed by atoms with van der Waals surface area (Å²) in [4.78, 5) is 11.2. The molecular weight excluding hydrogens is 194 g/mol. The van der Waals surface area contributed by atoms with Crippen molar-refractivity contribution in [1.29, 1.82) is 0 Å². The van der Waals surface area contributed by atoms with Gasteiger partial charge in [-0.3, -0.25) is 4.79 Å². The van der Waals surface area contributed by atoms with E-state index in [9.17, 15) is 10.0 Å². The average molecular weight is 213 g/mol. The Kier molecular flexibility index (Phi) is 3.37. The normalized spacial score (nSPS) is 24.6. The van der Waals surface area contributed by atoms with Crippen LogP contribution in [0.3, 0.4) is 0 Å². The number of hydroxylamine groups is 1. The first-order valence-corrected chi connectivity index (χ1v) is 5.58. The lowest BCUT2D eigenvalue weighted by molar-refractivity contribution is -0.549. The van der Waals surface area contributed by atoms with Crippen LogP contribution in [0.5, 0.6) is 0 Å². The van der Waals surface area contributed by atoms with Crippen molar-refractivity contribution in [3.05, 3.63) is 5.21 Å². The highest BCUT2D eigenvalue weighted by Crippen LogP contribution is 2.37. The first kappa shape index (κ1) is 12.0. The molecule has 1 aliphatic rings. The zero-order chi connectivity index (χ0) is 11.6. The second-order valence-corrected chi connectivity index (χ2v) is 4.12. The summed E-state index contributed by atoms with van der Waals surface area (Å²) in [6, 6.07) is 0. The van der Waals surface area contributed by atoms with Gasteiger partial charge in [0.05, 0.1) is 0 Å². The SMILES string of the molecule is CCC1=[N+]([O-])C(CC)(CC)C(C(=O)O)C1. The van der Waals surface area contributed by atoms with Crippen LogP contribution in [0.15, 0.2) is 0 Å². The first-order chi connectivity index (χ1) is 7.03. The van der Waals surface area contributed by atoms with E-state index < -0.39 is 17.4 Å². The second-order valence-electron chi connectivity index (χ2n) is 4.12. The molecule has 0 aromatic carbocycles. The zero-order valence-corrected chi connectivity index (χ0v) is 9.62. The van der Waals surface area contributed by atoms with Crippen LogP contribution in [0.4, 0.5) is 0 Å². The lowest BCUT2D eigenvalue weighted by Gasteiger charge is -2.29. The van der Waals surface area contributed by atoms with E-state index >= 15 is 0 Å². The van der Waals surface area contributed by atoms with Crippen molar-refractivity contribution in [3.8, 4) is 0 Å². The molecule has 0 aromatic rings. The fourth-order valence-electron chi connectivity index (χ4n) is 2.60. The number of hydrogen-bond acceptors (Lipinski definition) is 2. The first-order valence-electron chi connectivity index (χ1n) is 5.58. The average Bonchev–Trinajstić information content (AvgIpc) is 2.52. The Morgan fingerprint density at radius 1 is 1.53 bits per heavy atom. The third-order valence-electron chi connectivity index (χ3n) is 3.71. The molecule has 0 aromatic heterocycles. The standard InChI is InChI=1S/C11H19NO3/c1-4-8-7-9(10(13)14)11(5-2,6-3)12(8)15/h9H,4-7H2,1-3H3,(H,13,14). The van der Waals surface area contributed by atoms with Crippen molar-refractivity contribution in [3.63, 3.8) is 0 Å².